The number of hydrogen-bond donors (Lipinski definition) is 1. The monoisotopic (exact) mass is 316 g/mol. The van der Waals surface area contributed by atoms with Crippen molar-refractivity contribution in [1.29, 1.82) is 0 Å². The molecule has 2 aromatic rings. The molecule has 23 heavy (non-hydrogen) atoms. The molecule has 1 fully saturated rings. The zero-order valence-electron chi connectivity index (χ0n) is 13.3. The maximum Gasteiger partial charge on any atom is 0.239 e. The molecule has 1 N–H and O–H groups in total. The van der Waals surface area contributed by atoms with Gasteiger partial charge in [0.1, 0.15) is 0 Å². The first-order chi connectivity index (χ1) is 11.2. The minimum Gasteiger partial charge on any atom is -0.493 e. The molecule has 0 bridgehead atoms. The summed E-state index contributed by atoms with van der Waals surface area (Å²) in [6, 6.07) is 5.51. The van der Waals surface area contributed by atoms with Crippen LogP contribution < -0.4 is 14.8 Å². The Labute approximate surface area is 134 Å². The van der Waals surface area contributed by atoms with Crippen molar-refractivity contribution in [2.45, 2.75) is 25.7 Å². The van der Waals surface area contributed by atoms with Crippen LogP contribution in [-0.4, -0.2) is 25.3 Å². The Morgan fingerprint density at radius 3 is 2.65 bits per heavy atom. The van der Waals surface area contributed by atoms with Gasteiger partial charge in [0.2, 0.25) is 11.8 Å². The third-order valence-electron chi connectivity index (χ3n) is 4.23. The normalized spacial score (nSPS) is 14.7. The average Bonchev–Trinajstić information content (AvgIpc) is 3.25. The first-order valence-electron chi connectivity index (χ1n) is 7.71. The predicted molar refractivity (Wildman–Crippen MR) is 85.6 cm³/mol. The molecule has 1 amide bonds. The lowest BCUT2D eigenvalue weighted by Crippen LogP contribution is -2.20. The summed E-state index contributed by atoms with van der Waals surface area (Å²) < 4.78 is 15.8. The SMILES string of the molecule is COc1ccc(-c2cnoc2NC(=O)C2CCCC2)cc1OC. The van der Waals surface area contributed by atoms with Crippen molar-refractivity contribution < 1.29 is 18.8 Å². The molecule has 6 heteroatoms. The summed E-state index contributed by atoms with van der Waals surface area (Å²) in [6.07, 6.45) is 5.68. The van der Waals surface area contributed by atoms with E-state index >= 15 is 0 Å². The van der Waals surface area contributed by atoms with Crippen molar-refractivity contribution in [2.24, 2.45) is 5.92 Å². The fraction of sp³-hybridized carbons (Fsp3) is 0.412. The van der Waals surface area contributed by atoms with E-state index in [1.165, 1.54) is 0 Å². The van der Waals surface area contributed by atoms with Gasteiger partial charge in [0.05, 0.1) is 26.0 Å². The molecular weight excluding hydrogens is 296 g/mol. The summed E-state index contributed by atoms with van der Waals surface area (Å²) in [6.45, 7) is 0. The highest BCUT2D eigenvalue weighted by molar-refractivity contribution is 5.95. The van der Waals surface area contributed by atoms with Gasteiger partial charge in [0.15, 0.2) is 11.5 Å². The summed E-state index contributed by atoms with van der Waals surface area (Å²) in [5, 5.41) is 6.67. The van der Waals surface area contributed by atoms with Crippen LogP contribution in [0.15, 0.2) is 28.9 Å². The second kappa shape index (κ2) is 6.73. The number of ether oxygens (including phenoxy) is 2. The number of aromatic nitrogens is 1. The van der Waals surface area contributed by atoms with Crippen LogP contribution >= 0.6 is 0 Å². The van der Waals surface area contributed by atoms with Crippen molar-refractivity contribution in [3.8, 4) is 22.6 Å². The third-order valence-corrected chi connectivity index (χ3v) is 4.23. The molecule has 0 saturated heterocycles. The van der Waals surface area contributed by atoms with Gasteiger partial charge in [-0.3, -0.25) is 10.1 Å². The number of nitrogens with one attached hydrogen (secondary N) is 1. The maximum absolute atomic E-state index is 12.3. The number of carbonyl (C=O) groups is 1. The van der Waals surface area contributed by atoms with Crippen LogP contribution in [0.4, 0.5) is 5.88 Å². The van der Waals surface area contributed by atoms with Crippen LogP contribution in [0, 0.1) is 5.92 Å². The molecule has 0 spiro atoms. The van der Waals surface area contributed by atoms with Crippen LogP contribution in [0.1, 0.15) is 25.7 Å². The Hall–Kier alpha value is -2.50. The number of amides is 1. The van der Waals surface area contributed by atoms with E-state index in [4.69, 9.17) is 14.0 Å². The molecule has 1 aromatic carbocycles. The van der Waals surface area contributed by atoms with Crippen LogP contribution in [0.5, 0.6) is 11.5 Å². The summed E-state index contributed by atoms with van der Waals surface area (Å²) in [7, 11) is 3.17. The van der Waals surface area contributed by atoms with Gasteiger partial charge in [-0.1, -0.05) is 24.1 Å². The number of methoxy groups -OCH3 is 2. The molecule has 1 aliphatic rings. The lowest BCUT2D eigenvalue weighted by Gasteiger charge is -2.11. The standard InChI is InChI=1S/C17H20N2O4/c1-21-14-8-7-12(9-15(14)22-2)13-10-18-23-17(13)19-16(20)11-5-3-4-6-11/h7-11H,3-6H2,1-2H3,(H,19,20). The third kappa shape index (κ3) is 3.16. The number of benzene rings is 1. The van der Waals surface area contributed by atoms with Gasteiger partial charge < -0.3 is 14.0 Å². The van der Waals surface area contributed by atoms with Gasteiger partial charge >= 0.3 is 0 Å². The van der Waals surface area contributed by atoms with Gasteiger partial charge in [0, 0.05) is 5.92 Å². The average molecular weight is 316 g/mol. The Kier molecular flexibility index (Phi) is 4.50. The molecule has 1 saturated carbocycles. The molecule has 1 aromatic heterocycles. The van der Waals surface area contributed by atoms with Crippen LogP contribution in [-0.2, 0) is 4.79 Å². The summed E-state index contributed by atoms with van der Waals surface area (Å²) in [5.74, 6) is 1.69. The summed E-state index contributed by atoms with van der Waals surface area (Å²) in [4.78, 5) is 12.3. The fourth-order valence-electron chi connectivity index (χ4n) is 2.94. The number of hydrogen-bond acceptors (Lipinski definition) is 5. The highest BCUT2D eigenvalue weighted by atomic mass is 16.5. The predicted octanol–water partition coefficient (Wildman–Crippen LogP) is 3.49. The minimum absolute atomic E-state index is 0.000904. The maximum atomic E-state index is 12.3. The van der Waals surface area contributed by atoms with E-state index in [2.05, 4.69) is 10.5 Å². The molecule has 0 radical (unpaired) electrons. The van der Waals surface area contributed by atoms with E-state index in [1.807, 2.05) is 18.2 Å². The molecule has 0 atom stereocenters. The zero-order valence-corrected chi connectivity index (χ0v) is 13.3. The molecule has 0 unspecified atom stereocenters. The molecule has 1 aliphatic carbocycles. The van der Waals surface area contributed by atoms with Crippen molar-refractivity contribution in [2.75, 3.05) is 19.5 Å². The van der Waals surface area contributed by atoms with Gasteiger partial charge in [-0.05, 0) is 30.5 Å². The van der Waals surface area contributed by atoms with Crippen molar-refractivity contribution in [1.82, 2.24) is 5.16 Å². The topological polar surface area (TPSA) is 73.6 Å². The van der Waals surface area contributed by atoms with Gasteiger partial charge in [-0.2, -0.15) is 0 Å². The minimum atomic E-state index is 0.000904. The van der Waals surface area contributed by atoms with E-state index < -0.39 is 0 Å². The second-order valence-electron chi connectivity index (χ2n) is 5.61. The highest BCUT2D eigenvalue weighted by Crippen LogP contribution is 2.36. The number of anilines is 1. The van der Waals surface area contributed by atoms with Crippen molar-refractivity contribution in [3.05, 3.63) is 24.4 Å². The zero-order chi connectivity index (χ0) is 16.2. The lowest BCUT2D eigenvalue weighted by molar-refractivity contribution is -0.119. The number of carbonyl (C=O) groups excluding carboxylic acids is 1. The smallest absolute Gasteiger partial charge is 0.239 e. The summed E-state index contributed by atoms with van der Waals surface area (Å²) in [5.41, 5.74) is 1.56. The number of rotatable bonds is 5. The Morgan fingerprint density at radius 1 is 1.22 bits per heavy atom. The van der Waals surface area contributed by atoms with Crippen molar-refractivity contribution >= 4 is 11.8 Å². The van der Waals surface area contributed by atoms with E-state index in [0.29, 0.717) is 17.4 Å². The molecule has 3 rings (SSSR count). The number of nitrogens with zero attached hydrogens (tertiary/aromatic N) is 1. The first-order valence-corrected chi connectivity index (χ1v) is 7.71. The van der Waals surface area contributed by atoms with Gasteiger partial charge in [0.25, 0.3) is 0 Å². The molecule has 1 heterocycles. The first kappa shape index (κ1) is 15.4. The largest absolute Gasteiger partial charge is 0.493 e. The van der Waals surface area contributed by atoms with Crippen LogP contribution in [0.2, 0.25) is 0 Å². The molecular formula is C17H20N2O4. The highest BCUT2D eigenvalue weighted by Gasteiger charge is 2.25. The van der Waals surface area contributed by atoms with Crippen molar-refractivity contribution in [3.63, 3.8) is 0 Å². The van der Waals surface area contributed by atoms with Gasteiger partial charge in [-0.25, -0.2) is 0 Å². The lowest BCUT2D eigenvalue weighted by atomic mass is 10.1. The molecule has 122 valence electrons. The van der Waals surface area contributed by atoms with E-state index in [0.717, 1.165) is 36.8 Å². The van der Waals surface area contributed by atoms with Crippen LogP contribution in [0.3, 0.4) is 0 Å². The van der Waals surface area contributed by atoms with E-state index in [1.54, 1.807) is 20.4 Å². The van der Waals surface area contributed by atoms with Crippen LogP contribution in [0.25, 0.3) is 11.1 Å². The molecule has 0 aliphatic heterocycles. The molecule has 6 nitrogen and oxygen atoms in total. The summed E-state index contributed by atoms with van der Waals surface area (Å²) >= 11 is 0. The Morgan fingerprint density at radius 2 is 1.96 bits per heavy atom. The Balaban J connectivity index is 1.84. The second-order valence-corrected chi connectivity index (χ2v) is 5.61. The quantitative estimate of drug-likeness (QED) is 0.914. The van der Waals surface area contributed by atoms with E-state index in [-0.39, 0.29) is 11.8 Å². The van der Waals surface area contributed by atoms with E-state index in [9.17, 15) is 4.79 Å². The van der Waals surface area contributed by atoms with Gasteiger partial charge in [-0.15, -0.1) is 0 Å². The Bertz CT molecular complexity index is 690. The fourth-order valence-corrected chi connectivity index (χ4v) is 2.94.